The molecule has 2 N–H and O–H groups in total. The summed E-state index contributed by atoms with van der Waals surface area (Å²) in [5.41, 5.74) is 1.80. The van der Waals surface area contributed by atoms with Crippen LogP contribution in [0, 0.1) is 11.7 Å². The quantitative estimate of drug-likeness (QED) is 0.715. The van der Waals surface area contributed by atoms with Crippen molar-refractivity contribution in [1.82, 2.24) is 15.5 Å². The highest BCUT2D eigenvalue weighted by molar-refractivity contribution is 5.89. The van der Waals surface area contributed by atoms with Crippen LogP contribution in [0.2, 0.25) is 0 Å². The van der Waals surface area contributed by atoms with Gasteiger partial charge >= 0.3 is 6.03 Å². The normalized spacial score (nSPS) is 10.8. The van der Waals surface area contributed by atoms with Crippen molar-refractivity contribution in [3.63, 3.8) is 0 Å². The monoisotopic (exact) mass is 354 g/mol. The molecule has 3 rings (SSSR count). The molecule has 0 unspecified atom stereocenters. The Morgan fingerprint density at radius 2 is 1.92 bits per heavy atom. The molecule has 134 valence electrons. The fourth-order valence-electron chi connectivity index (χ4n) is 2.29. The number of nitrogens with zero attached hydrogens (tertiary/aromatic N) is 2. The van der Waals surface area contributed by atoms with Crippen LogP contribution in [-0.2, 0) is 0 Å². The van der Waals surface area contributed by atoms with Gasteiger partial charge in [-0.05, 0) is 36.2 Å². The van der Waals surface area contributed by atoms with E-state index < -0.39 is 0 Å². The predicted molar refractivity (Wildman–Crippen MR) is 97.0 cm³/mol. The lowest BCUT2D eigenvalue weighted by atomic mass is 10.2. The molecule has 3 aromatic rings. The van der Waals surface area contributed by atoms with Gasteiger partial charge in [0.05, 0.1) is 0 Å². The number of carbonyl (C=O) groups excluding carboxylic acids is 1. The van der Waals surface area contributed by atoms with E-state index in [1.807, 2.05) is 13.8 Å². The largest absolute Gasteiger partial charge is 0.338 e. The van der Waals surface area contributed by atoms with E-state index in [1.165, 1.54) is 12.1 Å². The molecule has 0 atom stereocenters. The van der Waals surface area contributed by atoms with Gasteiger partial charge in [-0.1, -0.05) is 37.2 Å². The highest BCUT2D eigenvalue weighted by Crippen LogP contribution is 2.24. The number of anilines is 1. The number of halogens is 1. The number of carbonyl (C=O) groups is 1. The van der Waals surface area contributed by atoms with Crippen LogP contribution in [0.3, 0.4) is 0 Å². The molecule has 2 amide bonds. The second-order valence-corrected chi connectivity index (χ2v) is 6.24. The smallest absolute Gasteiger partial charge is 0.319 e. The van der Waals surface area contributed by atoms with Crippen molar-refractivity contribution < 1.29 is 13.7 Å². The molecule has 7 heteroatoms. The Morgan fingerprint density at radius 3 is 2.69 bits per heavy atom. The summed E-state index contributed by atoms with van der Waals surface area (Å²) < 4.78 is 18.6. The molecule has 26 heavy (non-hydrogen) atoms. The minimum Gasteiger partial charge on any atom is -0.338 e. The van der Waals surface area contributed by atoms with Gasteiger partial charge in [0.15, 0.2) is 0 Å². The van der Waals surface area contributed by atoms with Crippen molar-refractivity contribution in [2.24, 2.45) is 5.92 Å². The lowest BCUT2D eigenvalue weighted by Crippen LogP contribution is -2.31. The van der Waals surface area contributed by atoms with Gasteiger partial charge in [-0.25, -0.2) is 9.18 Å². The third-order valence-corrected chi connectivity index (χ3v) is 3.55. The molecule has 2 aromatic carbocycles. The Morgan fingerprint density at radius 1 is 1.15 bits per heavy atom. The van der Waals surface area contributed by atoms with E-state index >= 15 is 0 Å². The predicted octanol–water partition coefficient (Wildman–Crippen LogP) is 4.32. The Labute approximate surface area is 150 Å². The standard InChI is InChI=1S/C19H19FN4O2/c1-12(2)11-21-19(25)22-16-8-4-5-13(10-16)17-23-18(26-24-17)14-6-3-7-15(20)9-14/h3-10,12H,11H2,1-2H3,(H2,21,22,25). The molecule has 0 aliphatic carbocycles. The number of hydrogen-bond acceptors (Lipinski definition) is 4. The van der Waals surface area contributed by atoms with Gasteiger partial charge in [-0.2, -0.15) is 4.98 Å². The molecule has 0 fully saturated rings. The maximum Gasteiger partial charge on any atom is 0.319 e. The first-order valence-electron chi connectivity index (χ1n) is 8.26. The topological polar surface area (TPSA) is 80.0 Å². The highest BCUT2D eigenvalue weighted by Gasteiger charge is 2.12. The van der Waals surface area contributed by atoms with Crippen LogP contribution in [0.25, 0.3) is 22.8 Å². The zero-order valence-electron chi connectivity index (χ0n) is 14.5. The number of nitrogens with one attached hydrogen (secondary N) is 2. The van der Waals surface area contributed by atoms with Gasteiger partial charge < -0.3 is 15.2 Å². The zero-order chi connectivity index (χ0) is 18.5. The molecule has 1 aromatic heterocycles. The van der Waals surface area contributed by atoms with Crippen molar-refractivity contribution in [1.29, 1.82) is 0 Å². The van der Waals surface area contributed by atoms with Crippen LogP contribution in [0.15, 0.2) is 53.1 Å². The van der Waals surface area contributed by atoms with Crippen LogP contribution in [0.4, 0.5) is 14.9 Å². The van der Waals surface area contributed by atoms with E-state index in [0.29, 0.717) is 35.1 Å². The Hall–Kier alpha value is -3.22. The molecule has 0 aliphatic rings. The van der Waals surface area contributed by atoms with Crippen LogP contribution in [0.5, 0.6) is 0 Å². The fraction of sp³-hybridized carbons (Fsp3) is 0.211. The maximum absolute atomic E-state index is 13.3. The van der Waals surface area contributed by atoms with E-state index in [1.54, 1.807) is 36.4 Å². The first kappa shape index (κ1) is 17.6. The number of aromatic nitrogens is 2. The first-order chi connectivity index (χ1) is 12.5. The van der Waals surface area contributed by atoms with Crippen molar-refractivity contribution in [3.05, 3.63) is 54.3 Å². The molecular formula is C19H19FN4O2. The molecule has 0 aliphatic heterocycles. The lowest BCUT2D eigenvalue weighted by molar-refractivity contribution is 0.251. The SMILES string of the molecule is CC(C)CNC(=O)Nc1cccc(-c2noc(-c3cccc(F)c3)n2)c1. The van der Waals surface area contributed by atoms with Gasteiger partial charge in [-0.15, -0.1) is 0 Å². The number of benzene rings is 2. The second kappa shape index (κ2) is 7.77. The minimum atomic E-state index is -0.374. The van der Waals surface area contributed by atoms with E-state index in [9.17, 15) is 9.18 Å². The number of hydrogen-bond donors (Lipinski definition) is 2. The van der Waals surface area contributed by atoms with E-state index in [4.69, 9.17) is 4.52 Å². The molecule has 0 radical (unpaired) electrons. The molecule has 0 saturated carbocycles. The average molecular weight is 354 g/mol. The van der Waals surface area contributed by atoms with Crippen LogP contribution < -0.4 is 10.6 Å². The van der Waals surface area contributed by atoms with Crippen LogP contribution in [0.1, 0.15) is 13.8 Å². The second-order valence-electron chi connectivity index (χ2n) is 6.24. The summed E-state index contributed by atoms with van der Waals surface area (Å²) in [4.78, 5) is 16.2. The minimum absolute atomic E-state index is 0.229. The summed E-state index contributed by atoms with van der Waals surface area (Å²) in [5, 5.41) is 9.49. The van der Waals surface area contributed by atoms with Crippen molar-refractivity contribution in [3.8, 4) is 22.8 Å². The molecule has 0 saturated heterocycles. The van der Waals surface area contributed by atoms with Gasteiger partial charge in [0, 0.05) is 23.4 Å². The summed E-state index contributed by atoms with van der Waals surface area (Å²) in [7, 11) is 0. The molecule has 0 spiro atoms. The summed E-state index contributed by atoms with van der Waals surface area (Å²) in [5.74, 6) is 0.580. The fourth-order valence-corrected chi connectivity index (χ4v) is 2.29. The van der Waals surface area contributed by atoms with Gasteiger partial charge in [0.1, 0.15) is 5.82 Å². The van der Waals surface area contributed by atoms with E-state index in [2.05, 4.69) is 20.8 Å². The van der Waals surface area contributed by atoms with Crippen molar-refractivity contribution >= 4 is 11.7 Å². The number of amides is 2. The van der Waals surface area contributed by atoms with E-state index in [0.717, 1.165) is 0 Å². The Bertz CT molecular complexity index is 908. The van der Waals surface area contributed by atoms with Gasteiger partial charge in [-0.3, -0.25) is 0 Å². The van der Waals surface area contributed by atoms with Crippen LogP contribution in [-0.4, -0.2) is 22.7 Å². The summed E-state index contributed by atoms with van der Waals surface area (Å²) in [6.45, 7) is 4.63. The van der Waals surface area contributed by atoms with Gasteiger partial charge in [0.2, 0.25) is 5.82 Å². The molecular weight excluding hydrogens is 335 g/mol. The van der Waals surface area contributed by atoms with Gasteiger partial charge in [0.25, 0.3) is 5.89 Å². The first-order valence-corrected chi connectivity index (χ1v) is 8.26. The average Bonchev–Trinajstić information content (AvgIpc) is 3.10. The highest BCUT2D eigenvalue weighted by atomic mass is 19.1. The van der Waals surface area contributed by atoms with Crippen LogP contribution >= 0.6 is 0 Å². The van der Waals surface area contributed by atoms with Crippen molar-refractivity contribution in [2.45, 2.75) is 13.8 Å². The Balaban J connectivity index is 1.75. The third kappa shape index (κ3) is 4.44. The number of urea groups is 1. The maximum atomic E-state index is 13.3. The van der Waals surface area contributed by atoms with E-state index in [-0.39, 0.29) is 17.7 Å². The molecule has 6 nitrogen and oxygen atoms in total. The molecule has 0 bridgehead atoms. The zero-order valence-corrected chi connectivity index (χ0v) is 14.5. The summed E-state index contributed by atoms with van der Waals surface area (Å²) >= 11 is 0. The number of rotatable bonds is 5. The summed E-state index contributed by atoms with van der Waals surface area (Å²) in [6, 6.07) is 12.8. The Kier molecular flexibility index (Phi) is 5.26. The third-order valence-electron chi connectivity index (χ3n) is 3.55. The molecule has 1 heterocycles. The summed E-state index contributed by atoms with van der Waals surface area (Å²) in [6.07, 6.45) is 0. The van der Waals surface area contributed by atoms with Crippen molar-refractivity contribution in [2.75, 3.05) is 11.9 Å². The lowest BCUT2D eigenvalue weighted by Gasteiger charge is -2.09.